The number of benzene rings is 1. The molecule has 0 saturated heterocycles. The smallest absolute Gasteiger partial charge is 0.213 e. The Labute approximate surface area is 109 Å². The maximum Gasteiger partial charge on any atom is 0.213 e. The van der Waals surface area contributed by atoms with Gasteiger partial charge in [0.15, 0.2) is 0 Å². The second-order valence-corrected chi connectivity index (χ2v) is 4.53. The maximum absolute atomic E-state index is 5.65. The molecule has 0 aliphatic heterocycles. The lowest BCUT2D eigenvalue weighted by atomic mass is 10.1. The third-order valence-corrected chi connectivity index (χ3v) is 2.98. The predicted octanol–water partition coefficient (Wildman–Crippen LogP) is 2.98. The summed E-state index contributed by atoms with van der Waals surface area (Å²) < 4.78 is 6.21. The van der Waals surface area contributed by atoms with Crippen LogP contribution in [0.2, 0.25) is 0 Å². The van der Waals surface area contributed by atoms with Gasteiger partial charge in [0, 0.05) is 22.6 Å². The number of halogens is 1. The van der Waals surface area contributed by atoms with Gasteiger partial charge in [-0.2, -0.15) is 0 Å². The number of hydrogen-bond donors (Lipinski definition) is 1. The van der Waals surface area contributed by atoms with E-state index in [-0.39, 0.29) is 0 Å². The van der Waals surface area contributed by atoms with Crippen LogP contribution in [0.25, 0.3) is 11.3 Å². The molecule has 0 fully saturated rings. The molecule has 0 bridgehead atoms. The van der Waals surface area contributed by atoms with Crippen molar-refractivity contribution in [1.82, 2.24) is 4.98 Å². The first kappa shape index (κ1) is 12.1. The van der Waals surface area contributed by atoms with Crippen molar-refractivity contribution in [2.75, 3.05) is 7.11 Å². The average Bonchev–Trinajstić information content (AvgIpc) is 2.39. The summed E-state index contributed by atoms with van der Waals surface area (Å²) in [5.41, 5.74) is 8.58. The van der Waals surface area contributed by atoms with Crippen molar-refractivity contribution in [1.29, 1.82) is 0 Å². The Balaban J connectivity index is 2.46. The number of nitrogens with two attached hydrogens (primary N) is 1. The van der Waals surface area contributed by atoms with Gasteiger partial charge in [0.25, 0.3) is 0 Å². The van der Waals surface area contributed by atoms with E-state index in [1.54, 1.807) is 7.11 Å². The summed E-state index contributed by atoms with van der Waals surface area (Å²) in [6.07, 6.45) is 0. The van der Waals surface area contributed by atoms with Crippen molar-refractivity contribution in [2.45, 2.75) is 6.54 Å². The monoisotopic (exact) mass is 292 g/mol. The summed E-state index contributed by atoms with van der Waals surface area (Å²) in [4.78, 5) is 4.41. The van der Waals surface area contributed by atoms with E-state index in [0.717, 1.165) is 21.3 Å². The minimum absolute atomic E-state index is 0.475. The van der Waals surface area contributed by atoms with E-state index in [2.05, 4.69) is 20.9 Å². The summed E-state index contributed by atoms with van der Waals surface area (Å²) in [6.45, 7) is 0.475. The summed E-state index contributed by atoms with van der Waals surface area (Å²) in [5.74, 6) is 0.589. The molecule has 0 aliphatic carbocycles. The third kappa shape index (κ3) is 2.84. The standard InChI is InChI=1S/C13H13BrN2O/c1-17-13-7-9(8-15)6-12(16-13)10-2-4-11(14)5-3-10/h2-7H,8,15H2,1H3. The SMILES string of the molecule is COc1cc(CN)cc(-c2ccc(Br)cc2)n1. The van der Waals surface area contributed by atoms with Gasteiger partial charge in [-0.3, -0.25) is 0 Å². The first-order chi connectivity index (χ1) is 8.22. The molecule has 0 spiro atoms. The highest BCUT2D eigenvalue weighted by Crippen LogP contribution is 2.23. The molecule has 2 rings (SSSR count). The lowest BCUT2D eigenvalue weighted by molar-refractivity contribution is 0.398. The van der Waals surface area contributed by atoms with Crippen LogP contribution in [-0.2, 0) is 6.54 Å². The van der Waals surface area contributed by atoms with Crippen molar-refractivity contribution in [3.63, 3.8) is 0 Å². The zero-order chi connectivity index (χ0) is 12.3. The number of methoxy groups -OCH3 is 1. The molecule has 0 amide bonds. The lowest BCUT2D eigenvalue weighted by Gasteiger charge is -2.07. The molecule has 2 N–H and O–H groups in total. The van der Waals surface area contributed by atoms with Crippen LogP contribution >= 0.6 is 15.9 Å². The first-order valence-electron chi connectivity index (χ1n) is 5.24. The highest BCUT2D eigenvalue weighted by atomic mass is 79.9. The fourth-order valence-corrected chi connectivity index (χ4v) is 1.81. The minimum Gasteiger partial charge on any atom is -0.481 e. The van der Waals surface area contributed by atoms with Crippen molar-refractivity contribution >= 4 is 15.9 Å². The van der Waals surface area contributed by atoms with Crippen LogP contribution < -0.4 is 10.5 Å². The molecular weight excluding hydrogens is 280 g/mol. The zero-order valence-corrected chi connectivity index (χ0v) is 11.1. The molecular formula is C13H13BrN2O. The predicted molar refractivity (Wildman–Crippen MR) is 71.8 cm³/mol. The van der Waals surface area contributed by atoms with Gasteiger partial charge in [-0.1, -0.05) is 28.1 Å². The van der Waals surface area contributed by atoms with Gasteiger partial charge >= 0.3 is 0 Å². The Hall–Kier alpha value is -1.39. The number of pyridine rings is 1. The number of ether oxygens (including phenoxy) is 1. The molecule has 0 radical (unpaired) electrons. The largest absolute Gasteiger partial charge is 0.481 e. The highest BCUT2D eigenvalue weighted by molar-refractivity contribution is 9.10. The second-order valence-electron chi connectivity index (χ2n) is 3.61. The van der Waals surface area contributed by atoms with Crippen molar-refractivity contribution in [2.24, 2.45) is 5.73 Å². The molecule has 1 aromatic heterocycles. The van der Waals surface area contributed by atoms with E-state index in [4.69, 9.17) is 10.5 Å². The minimum atomic E-state index is 0.475. The van der Waals surface area contributed by atoms with Crippen LogP contribution in [0, 0.1) is 0 Å². The molecule has 2 aromatic rings. The quantitative estimate of drug-likeness (QED) is 0.946. The van der Waals surface area contributed by atoms with Crippen LogP contribution in [-0.4, -0.2) is 12.1 Å². The third-order valence-electron chi connectivity index (χ3n) is 2.45. The van der Waals surface area contributed by atoms with Crippen LogP contribution in [0.15, 0.2) is 40.9 Å². The Morgan fingerprint density at radius 1 is 1.24 bits per heavy atom. The molecule has 0 unspecified atom stereocenters. The second kappa shape index (κ2) is 5.29. The fourth-order valence-electron chi connectivity index (χ4n) is 1.55. The molecule has 17 heavy (non-hydrogen) atoms. The van der Waals surface area contributed by atoms with Gasteiger partial charge in [0.05, 0.1) is 12.8 Å². The van der Waals surface area contributed by atoms with Crippen LogP contribution in [0.5, 0.6) is 5.88 Å². The molecule has 1 aromatic carbocycles. The maximum atomic E-state index is 5.65. The number of rotatable bonds is 3. The molecule has 0 saturated carbocycles. The number of aromatic nitrogens is 1. The van der Waals surface area contributed by atoms with E-state index < -0.39 is 0 Å². The molecule has 0 aliphatic rings. The van der Waals surface area contributed by atoms with Crippen LogP contribution in [0.3, 0.4) is 0 Å². The van der Waals surface area contributed by atoms with E-state index in [1.165, 1.54) is 0 Å². The van der Waals surface area contributed by atoms with E-state index >= 15 is 0 Å². The van der Waals surface area contributed by atoms with Gasteiger partial charge < -0.3 is 10.5 Å². The average molecular weight is 293 g/mol. The molecule has 3 nitrogen and oxygen atoms in total. The Kier molecular flexibility index (Phi) is 3.76. The van der Waals surface area contributed by atoms with Crippen molar-refractivity contribution in [3.05, 3.63) is 46.4 Å². The highest BCUT2D eigenvalue weighted by Gasteiger charge is 2.04. The van der Waals surface area contributed by atoms with Crippen LogP contribution in [0.4, 0.5) is 0 Å². The number of hydrogen-bond acceptors (Lipinski definition) is 3. The van der Waals surface area contributed by atoms with E-state index in [0.29, 0.717) is 12.4 Å². The summed E-state index contributed by atoms with van der Waals surface area (Å²) >= 11 is 3.41. The number of nitrogens with zero attached hydrogens (tertiary/aromatic N) is 1. The molecule has 88 valence electrons. The van der Waals surface area contributed by atoms with Gasteiger partial charge in [0.2, 0.25) is 5.88 Å². The fraction of sp³-hybridized carbons (Fsp3) is 0.154. The Morgan fingerprint density at radius 2 is 1.94 bits per heavy atom. The van der Waals surface area contributed by atoms with Gasteiger partial charge in [-0.25, -0.2) is 4.98 Å². The summed E-state index contributed by atoms with van der Waals surface area (Å²) in [6, 6.07) is 11.8. The Bertz CT molecular complexity index is 489. The molecule has 4 heteroatoms. The van der Waals surface area contributed by atoms with E-state index in [1.807, 2.05) is 36.4 Å². The molecule has 0 atom stereocenters. The normalized spacial score (nSPS) is 10.3. The van der Waals surface area contributed by atoms with Gasteiger partial charge in [-0.05, 0) is 23.8 Å². The zero-order valence-electron chi connectivity index (χ0n) is 9.48. The summed E-state index contributed by atoms with van der Waals surface area (Å²) in [5, 5.41) is 0. The van der Waals surface area contributed by atoms with Crippen LogP contribution in [0.1, 0.15) is 5.56 Å². The molecule has 1 heterocycles. The van der Waals surface area contributed by atoms with Gasteiger partial charge in [0.1, 0.15) is 0 Å². The van der Waals surface area contributed by atoms with Gasteiger partial charge in [-0.15, -0.1) is 0 Å². The lowest BCUT2D eigenvalue weighted by Crippen LogP contribution is -1.99. The Morgan fingerprint density at radius 3 is 2.53 bits per heavy atom. The topological polar surface area (TPSA) is 48.1 Å². The van der Waals surface area contributed by atoms with Crippen molar-refractivity contribution in [3.8, 4) is 17.1 Å². The summed E-state index contributed by atoms with van der Waals surface area (Å²) in [7, 11) is 1.61. The first-order valence-corrected chi connectivity index (χ1v) is 6.03. The van der Waals surface area contributed by atoms with Crippen molar-refractivity contribution < 1.29 is 4.74 Å². The van der Waals surface area contributed by atoms with E-state index in [9.17, 15) is 0 Å².